The minimum absolute atomic E-state index is 0.0867. The molecule has 0 saturated heterocycles. The number of carbonyl (C=O) groups is 1. The van der Waals surface area contributed by atoms with Gasteiger partial charge in [0.25, 0.3) is 0 Å². The summed E-state index contributed by atoms with van der Waals surface area (Å²) in [6, 6.07) is 3.33. The summed E-state index contributed by atoms with van der Waals surface area (Å²) < 4.78 is 5.18. The van der Waals surface area contributed by atoms with Gasteiger partial charge in [0.2, 0.25) is 5.54 Å². The molecule has 0 saturated carbocycles. The van der Waals surface area contributed by atoms with Crippen molar-refractivity contribution in [3.8, 4) is 0 Å². The number of hydrogen-bond donors (Lipinski definition) is 0. The molecule has 0 aliphatic carbocycles. The molecule has 16 heavy (non-hydrogen) atoms. The fourth-order valence-electron chi connectivity index (χ4n) is 1.60. The molecule has 0 amide bonds. The Kier molecular flexibility index (Phi) is 3.47. The van der Waals surface area contributed by atoms with Crippen LogP contribution in [0.1, 0.15) is 38.9 Å². The lowest BCUT2D eigenvalue weighted by atomic mass is 9.82. The lowest BCUT2D eigenvalue weighted by Crippen LogP contribution is -2.38. The van der Waals surface area contributed by atoms with Crippen molar-refractivity contribution in [3.05, 3.63) is 34.3 Å². The van der Waals surface area contributed by atoms with Gasteiger partial charge in [0.1, 0.15) is 11.5 Å². The molecular formula is C11H15NO4. The molecule has 0 aliphatic heterocycles. The SMILES string of the molecule is CC(=O)CC(c1ccco1)C(C)(C)[N+](=O)[O-]. The Morgan fingerprint density at radius 2 is 2.25 bits per heavy atom. The van der Waals surface area contributed by atoms with Crippen molar-refractivity contribution in [3.63, 3.8) is 0 Å². The minimum atomic E-state index is -1.22. The number of ketones is 1. The van der Waals surface area contributed by atoms with Crippen molar-refractivity contribution in [2.45, 2.75) is 38.6 Å². The van der Waals surface area contributed by atoms with Gasteiger partial charge >= 0.3 is 0 Å². The zero-order valence-electron chi connectivity index (χ0n) is 9.60. The molecule has 5 nitrogen and oxygen atoms in total. The van der Waals surface area contributed by atoms with Crippen LogP contribution in [-0.4, -0.2) is 16.2 Å². The molecule has 0 radical (unpaired) electrons. The summed E-state index contributed by atoms with van der Waals surface area (Å²) in [6.07, 6.45) is 1.57. The number of nitrogens with zero attached hydrogens (tertiary/aromatic N) is 1. The summed E-state index contributed by atoms with van der Waals surface area (Å²) >= 11 is 0. The van der Waals surface area contributed by atoms with Crippen LogP contribution in [0.15, 0.2) is 22.8 Å². The van der Waals surface area contributed by atoms with Gasteiger partial charge in [-0.1, -0.05) is 0 Å². The molecule has 1 rings (SSSR count). The third-order valence-corrected chi connectivity index (χ3v) is 2.70. The average Bonchev–Trinajstić information content (AvgIpc) is 2.65. The van der Waals surface area contributed by atoms with Gasteiger partial charge in [0.15, 0.2) is 0 Å². The van der Waals surface area contributed by atoms with Crippen molar-refractivity contribution >= 4 is 5.78 Å². The van der Waals surface area contributed by atoms with E-state index in [2.05, 4.69) is 0 Å². The topological polar surface area (TPSA) is 73.3 Å². The zero-order chi connectivity index (χ0) is 12.3. The van der Waals surface area contributed by atoms with E-state index >= 15 is 0 Å². The highest BCUT2D eigenvalue weighted by Crippen LogP contribution is 2.34. The maximum atomic E-state index is 11.2. The molecular weight excluding hydrogens is 210 g/mol. The average molecular weight is 225 g/mol. The molecule has 0 fully saturated rings. The number of furan rings is 1. The van der Waals surface area contributed by atoms with Crippen molar-refractivity contribution in [2.75, 3.05) is 0 Å². The normalized spacial score (nSPS) is 13.4. The van der Waals surface area contributed by atoms with Gasteiger partial charge < -0.3 is 4.42 Å². The van der Waals surface area contributed by atoms with E-state index in [0.29, 0.717) is 5.76 Å². The summed E-state index contributed by atoms with van der Waals surface area (Å²) in [5.74, 6) is -0.136. The first-order valence-electron chi connectivity index (χ1n) is 5.03. The van der Waals surface area contributed by atoms with E-state index in [1.807, 2.05) is 0 Å². The van der Waals surface area contributed by atoms with Gasteiger partial charge in [-0.3, -0.25) is 14.9 Å². The predicted molar refractivity (Wildman–Crippen MR) is 57.8 cm³/mol. The molecule has 1 atom stereocenters. The molecule has 0 aromatic carbocycles. The zero-order valence-corrected chi connectivity index (χ0v) is 9.60. The van der Waals surface area contributed by atoms with Crippen LogP contribution in [0.25, 0.3) is 0 Å². The Bertz CT molecular complexity index is 381. The van der Waals surface area contributed by atoms with Crippen LogP contribution >= 0.6 is 0 Å². The van der Waals surface area contributed by atoms with E-state index in [-0.39, 0.29) is 17.1 Å². The van der Waals surface area contributed by atoms with E-state index in [4.69, 9.17) is 4.42 Å². The Hall–Kier alpha value is -1.65. The second-order valence-electron chi connectivity index (χ2n) is 4.38. The Labute approximate surface area is 93.6 Å². The first-order valence-corrected chi connectivity index (χ1v) is 5.03. The van der Waals surface area contributed by atoms with Crippen LogP contribution in [0.4, 0.5) is 0 Å². The molecule has 0 N–H and O–H groups in total. The van der Waals surface area contributed by atoms with E-state index in [1.54, 1.807) is 12.1 Å². The van der Waals surface area contributed by atoms with Gasteiger partial charge in [0, 0.05) is 25.2 Å². The fraction of sp³-hybridized carbons (Fsp3) is 0.545. The Morgan fingerprint density at radius 1 is 1.62 bits per heavy atom. The number of nitro groups is 1. The summed E-state index contributed by atoms with van der Waals surface area (Å²) in [5, 5.41) is 11.0. The van der Waals surface area contributed by atoms with Crippen molar-refractivity contribution in [2.24, 2.45) is 0 Å². The molecule has 0 spiro atoms. The van der Waals surface area contributed by atoms with Crippen LogP contribution < -0.4 is 0 Å². The standard InChI is InChI=1S/C11H15NO4/c1-8(13)7-9(10-5-4-6-16-10)11(2,3)12(14)15/h4-6,9H,7H2,1-3H3. The molecule has 0 aliphatic rings. The van der Waals surface area contributed by atoms with E-state index in [0.717, 1.165) is 0 Å². The molecule has 1 aromatic rings. The second-order valence-corrected chi connectivity index (χ2v) is 4.38. The lowest BCUT2D eigenvalue weighted by Gasteiger charge is -2.24. The number of rotatable bonds is 5. The van der Waals surface area contributed by atoms with E-state index in [9.17, 15) is 14.9 Å². The van der Waals surface area contributed by atoms with Gasteiger partial charge in [-0.05, 0) is 19.1 Å². The first-order chi connectivity index (χ1) is 7.35. The smallest absolute Gasteiger partial charge is 0.227 e. The van der Waals surface area contributed by atoms with Gasteiger partial charge in [-0.15, -0.1) is 0 Å². The lowest BCUT2D eigenvalue weighted by molar-refractivity contribution is -0.565. The number of hydrogen-bond acceptors (Lipinski definition) is 4. The van der Waals surface area contributed by atoms with Gasteiger partial charge in [0.05, 0.1) is 12.2 Å². The largest absolute Gasteiger partial charge is 0.469 e. The molecule has 5 heteroatoms. The van der Waals surface area contributed by atoms with Crippen LogP contribution in [0.5, 0.6) is 0 Å². The summed E-state index contributed by atoms with van der Waals surface area (Å²) in [5.41, 5.74) is -1.22. The van der Waals surface area contributed by atoms with Crippen LogP contribution in [0.2, 0.25) is 0 Å². The van der Waals surface area contributed by atoms with E-state index < -0.39 is 11.5 Å². The maximum absolute atomic E-state index is 11.2. The summed E-state index contributed by atoms with van der Waals surface area (Å²) in [7, 11) is 0. The molecule has 0 bridgehead atoms. The Balaban J connectivity index is 3.06. The van der Waals surface area contributed by atoms with Crippen LogP contribution in [0.3, 0.4) is 0 Å². The molecule has 1 aromatic heterocycles. The quantitative estimate of drug-likeness (QED) is 0.569. The van der Waals surface area contributed by atoms with Crippen LogP contribution in [-0.2, 0) is 4.79 Å². The molecule has 1 heterocycles. The minimum Gasteiger partial charge on any atom is -0.469 e. The first kappa shape index (κ1) is 12.4. The third-order valence-electron chi connectivity index (χ3n) is 2.70. The monoisotopic (exact) mass is 225 g/mol. The number of Topliss-reactive ketones (excluding diaryl/α,β-unsaturated/α-hetero) is 1. The highest BCUT2D eigenvalue weighted by atomic mass is 16.6. The van der Waals surface area contributed by atoms with Crippen LogP contribution in [0, 0.1) is 10.1 Å². The Morgan fingerprint density at radius 3 is 2.62 bits per heavy atom. The maximum Gasteiger partial charge on any atom is 0.227 e. The summed E-state index contributed by atoms with van der Waals surface area (Å²) in [6.45, 7) is 4.43. The molecule has 1 unspecified atom stereocenters. The third kappa shape index (κ3) is 2.48. The highest BCUT2D eigenvalue weighted by molar-refractivity contribution is 5.76. The highest BCUT2D eigenvalue weighted by Gasteiger charge is 2.43. The fourth-order valence-corrected chi connectivity index (χ4v) is 1.60. The van der Waals surface area contributed by atoms with E-state index in [1.165, 1.54) is 27.0 Å². The predicted octanol–water partition coefficient (Wildman–Crippen LogP) is 2.40. The van der Waals surface area contributed by atoms with Crippen molar-refractivity contribution in [1.82, 2.24) is 0 Å². The van der Waals surface area contributed by atoms with Crippen molar-refractivity contribution < 1.29 is 14.1 Å². The van der Waals surface area contributed by atoms with Gasteiger partial charge in [-0.25, -0.2) is 0 Å². The summed E-state index contributed by atoms with van der Waals surface area (Å²) in [4.78, 5) is 21.8. The number of carbonyl (C=O) groups excluding carboxylic acids is 1. The van der Waals surface area contributed by atoms with Crippen molar-refractivity contribution in [1.29, 1.82) is 0 Å². The van der Waals surface area contributed by atoms with Gasteiger partial charge in [-0.2, -0.15) is 0 Å². The molecule has 88 valence electrons. The second kappa shape index (κ2) is 4.47.